The molecule has 3 aliphatic carbocycles. The lowest BCUT2D eigenvalue weighted by molar-refractivity contribution is -0.148. The van der Waals surface area contributed by atoms with Gasteiger partial charge in [-0.3, -0.25) is 23.9 Å². The molecule has 12 heteroatoms. The zero-order valence-electron chi connectivity index (χ0n) is 34.0. The Balaban J connectivity index is 1.12. The molecule has 2 saturated carbocycles. The average molecular weight is 809 g/mol. The number of hydrogen-bond acceptors (Lipinski definition) is 8. The fourth-order valence-corrected chi connectivity index (χ4v) is 10.9. The van der Waals surface area contributed by atoms with Crippen molar-refractivity contribution in [1.82, 2.24) is 19.5 Å². The molecule has 4 fully saturated rings. The largest absolute Gasteiger partial charge is 0.488 e. The first-order chi connectivity index (χ1) is 27.7. The van der Waals surface area contributed by atoms with E-state index >= 15 is 0 Å². The number of aryl methyl sites for hydroxylation is 2. The van der Waals surface area contributed by atoms with Crippen molar-refractivity contribution in [3.8, 4) is 17.0 Å². The number of Topliss-reactive ketones (excluding diaryl/α,β-unsaturated/α-hetero) is 1. The highest BCUT2D eigenvalue weighted by atomic mass is 32.2. The van der Waals surface area contributed by atoms with E-state index in [0.29, 0.717) is 38.1 Å². The van der Waals surface area contributed by atoms with Gasteiger partial charge in [0.1, 0.15) is 11.9 Å². The smallest absolute Gasteiger partial charge is 0.240 e. The fraction of sp³-hybridized carbons (Fsp3) is 0.543. The number of nitrogens with one attached hydrogen (secondary N) is 1. The van der Waals surface area contributed by atoms with E-state index in [0.717, 1.165) is 60.7 Å². The van der Waals surface area contributed by atoms with Gasteiger partial charge < -0.3 is 14.5 Å². The summed E-state index contributed by atoms with van der Waals surface area (Å²) in [4.78, 5) is 65.7. The Labute approximate surface area is 342 Å². The Morgan fingerprint density at radius 2 is 1.76 bits per heavy atom. The van der Waals surface area contributed by atoms with Crippen molar-refractivity contribution in [2.75, 3.05) is 19.6 Å². The van der Waals surface area contributed by atoms with Crippen LogP contribution in [0.25, 0.3) is 22.2 Å². The van der Waals surface area contributed by atoms with Crippen molar-refractivity contribution in [2.24, 2.45) is 22.7 Å². The van der Waals surface area contributed by atoms with Crippen molar-refractivity contribution < 1.29 is 32.3 Å². The number of pyridine rings is 1. The zero-order valence-corrected chi connectivity index (χ0v) is 34.8. The molecule has 8 rings (SSSR count). The van der Waals surface area contributed by atoms with Crippen LogP contribution in [0, 0.1) is 22.7 Å². The van der Waals surface area contributed by atoms with Crippen molar-refractivity contribution in [3.63, 3.8) is 0 Å². The van der Waals surface area contributed by atoms with Crippen molar-refractivity contribution in [2.45, 2.75) is 115 Å². The maximum Gasteiger partial charge on any atom is 0.240 e. The van der Waals surface area contributed by atoms with E-state index < -0.39 is 50.1 Å². The first-order valence-electron chi connectivity index (χ1n) is 21.2. The molecule has 2 aliphatic heterocycles. The molecule has 2 aromatic carbocycles. The van der Waals surface area contributed by atoms with Gasteiger partial charge in [-0.25, -0.2) is 13.4 Å². The maximum atomic E-state index is 15.0. The van der Waals surface area contributed by atoms with E-state index in [-0.39, 0.29) is 49.3 Å². The number of ketones is 1. The second-order valence-corrected chi connectivity index (χ2v) is 20.4. The van der Waals surface area contributed by atoms with Crippen LogP contribution in [0.3, 0.4) is 0 Å². The monoisotopic (exact) mass is 808 g/mol. The molecule has 0 unspecified atom stereocenters. The predicted molar refractivity (Wildman–Crippen MR) is 222 cm³/mol. The number of piperidine rings is 1. The van der Waals surface area contributed by atoms with Gasteiger partial charge in [0.15, 0.2) is 5.78 Å². The molecule has 308 valence electrons. The molecule has 0 bridgehead atoms. The van der Waals surface area contributed by atoms with Gasteiger partial charge in [-0.1, -0.05) is 63.2 Å². The Morgan fingerprint density at radius 1 is 1.02 bits per heavy atom. The number of allylic oxidation sites excluding steroid dienone is 1. The standard InChI is InChI=1S/C46H56N4O7S/c1-5-31-26-46(31,44(54)48-58(55,56)33-18-19-33)27-39(51)38-23-32(28-50(38)43(53)36(45(2,3)4)24-41(52)49-21-10-7-11-22-49)57-40-25-37(30-13-8-6-9-14-30)47-42-34-16-12-15-29(34)17-20-35(40)42/h5-6,8-9,13-14,17,20,25,31-33,36,38H,1,7,10-12,15-16,18-19,21-24,26-28H2,2-4H3,(H,48,54)/t31-,32-,36-,38+,46-/m1/s1. The number of amides is 3. The minimum absolute atomic E-state index is 0.0235. The maximum absolute atomic E-state index is 15.0. The van der Waals surface area contributed by atoms with Gasteiger partial charge in [-0.05, 0) is 86.3 Å². The zero-order chi connectivity index (χ0) is 41.0. The summed E-state index contributed by atoms with van der Waals surface area (Å²) >= 11 is 0. The molecular formula is C46H56N4O7S. The lowest BCUT2D eigenvalue weighted by Gasteiger charge is -2.36. The van der Waals surface area contributed by atoms with Crippen molar-refractivity contribution >= 4 is 44.4 Å². The SMILES string of the molecule is C=C[C@@H]1C[C@]1(CC(=O)[C@@H]1C[C@@H](Oc2cc(-c3ccccc3)nc3c4c(ccc23)CCC4)CN1C(=O)[C@@H](CC(=O)N1CCCCC1)C(C)(C)C)C(=O)NS(=O)(=O)C1CC1. The molecule has 3 heterocycles. The Morgan fingerprint density at radius 3 is 2.43 bits per heavy atom. The summed E-state index contributed by atoms with van der Waals surface area (Å²) in [5, 5.41) is 0.271. The molecular weight excluding hydrogens is 753 g/mol. The first-order valence-corrected chi connectivity index (χ1v) is 22.7. The molecule has 5 aliphatic rings. The van der Waals surface area contributed by atoms with Gasteiger partial charge in [-0.2, -0.15) is 0 Å². The lowest BCUT2D eigenvalue weighted by atomic mass is 9.77. The summed E-state index contributed by atoms with van der Waals surface area (Å²) < 4.78 is 34.9. The van der Waals surface area contributed by atoms with Crippen molar-refractivity contribution in [1.29, 1.82) is 0 Å². The quantitative estimate of drug-likeness (QED) is 0.191. The second-order valence-electron chi connectivity index (χ2n) is 18.4. The van der Waals surface area contributed by atoms with Gasteiger partial charge in [-0.15, -0.1) is 6.58 Å². The topological polar surface area (TPSA) is 143 Å². The lowest BCUT2D eigenvalue weighted by Crippen LogP contribution is -2.49. The van der Waals surface area contributed by atoms with Crippen LogP contribution >= 0.6 is 0 Å². The van der Waals surface area contributed by atoms with E-state index in [4.69, 9.17) is 9.72 Å². The highest BCUT2D eigenvalue weighted by Gasteiger charge is 2.61. The molecule has 11 nitrogen and oxygen atoms in total. The molecule has 0 spiro atoms. The molecule has 58 heavy (non-hydrogen) atoms. The number of carbonyl (C=O) groups is 4. The summed E-state index contributed by atoms with van der Waals surface area (Å²) in [7, 11) is -3.85. The van der Waals surface area contributed by atoms with Crippen LogP contribution in [0.15, 0.2) is 61.2 Å². The minimum atomic E-state index is -3.85. The summed E-state index contributed by atoms with van der Waals surface area (Å²) in [6, 6.07) is 15.1. The summed E-state index contributed by atoms with van der Waals surface area (Å²) in [5.74, 6) is -1.86. The number of ether oxygens (including phenoxy) is 1. The predicted octanol–water partition coefficient (Wildman–Crippen LogP) is 6.56. The van der Waals surface area contributed by atoms with Crippen molar-refractivity contribution in [3.05, 3.63) is 72.3 Å². The Bertz CT molecular complexity index is 2240. The van der Waals surface area contributed by atoms with Crippen LogP contribution in [-0.4, -0.2) is 83.7 Å². The third-order valence-electron chi connectivity index (χ3n) is 13.3. The highest BCUT2D eigenvalue weighted by Crippen LogP contribution is 2.57. The number of benzene rings is 2. The number of hydrogen-bond donors (Lipinski definition) is 1. The number of likely N-dealkylation sites (tertiary alicyclic amines) is 2. The van der Waals surface area contributed by atoms with Crippen LogP contribution in [0.4, 0.5) is 0 Å². The Hall–Kier alpha value is -4.58. The molecule has 3 aromatic rings. The third-order valence-corrected chi connectivity index (χ3v) is 15.1. The molecule has 1 N–H and O–H groups in total. The van der Waals surface area contributed by atoms with E-state index in [9.17, 15) is 27.6 Å². The van der Waals surface area contributed by atoms with Crippen LogP contribution in [-0.2, 0) is 42.0 Å². The number of fused-ring (bicyclic) bond motifs is 3. The van der Waals surface area contributed by atoms with Crippen LogP contribution in [0.5, 0.6) is 5.75 Å². The van der Waals surface area contributed by atoms with Gasteiger partial charge in [0.2, 0.25) is 27.7 Å². The van der Waals surface area contributed by atoms with E-state index in [2.05, 4.69) is 23.4 Å². The van der Waals surface area contributed by atoms with Crippen LogP contribution in [0.2, 0.25) is 0 Å². The number of nitrogens with zero attached hydrogens (tertiary/aromatic N) is 3. The molecule has 2 saturated heterocycles. The van der Waals surface area contributed by atoms with Gasteiger partial charge in [0.25, 0.3) is 0 Å². The van der Waals surface area contributed by atoms with E-state index in [1.54, 1.807) is 11.0 Å². The number of aromatic nitrogens is 1. The molecule has 3 amide bonds. The third kappa shape index (κ3) is 7.93. The van der Waals surface area contributed by atoms with E-state index in [1.807, 2.05) is 62.1 Å². The van der Waals surface area contributed by atoms with Crippen LogP contribution in [0.1, 0.15) is 96.1 Å². The summed E-state index contributed by atoms with van der Waals surface area (Å²) in [5.41, 5.74) is 3.24. The van der Waals surface area contributed by atoms with Crippen LogP contribution < -0.4 is 9.46 Å². The summed E-state index contributed by atoms with van der Waals surface area (Å²) in [6.45, 7) is 11.2. The number of sulfonamides is 1. The fourth-order valence-electron chi connectivity index (χ4n) is 9.51. The van der Waals surface area contributed by atoms with Gasteiger partial charge in [0.05, 0.1) is 40.4 Å². The van der Waals surface area contributed by atoms with Gasteiger partial charge in [0, 0.05) is 49.4 Å². The first kappa shape index (κ1) is 40.2. The second kappa shape index (κ2) is 15.5. The molecule has 5 atom stereocenters. The molecule has 1 aromatic heterocycles. The molecule has 0 radical (unpaired) electrons. The highest BCUT2D eigenvalue weighted by molar-refractivity contribution is 7.90. The summed E-state index contributed by atoms with van der Waals surface area (Å²) in [6.07, 6.45) is 8.18. The minimum Gasteiger partial charge on any atom is -0.488 e. The van der Waals surface area contributed by atoms with Gasteiger partial charge >= 0.3 is 0 Å². The Kier molecular flexibility index (Phi) is 10.8. The average Bonchev–Trinajstić information content (AvgIpc) is 4.09. The number of carbonyl (C=O) groups excluding carboxylic acids is 4. The normalized spacial score (nSPS) is 24.9. The van der Waals surface area contributed by atoms with E-state index in [1.165, 1.54) is 11.1 Å². The number of rotatable bonds is 13.